The molecule has 2 atom stereocenters. The molecule has 0 aliphatic heterocycles. The van der Waals surface area contributed by atoms with E-state index < -0.39 is 0 Å². The normalized spacial score (nSPS) is 18.0. The van der Waals surface area contributed by atoms with Gasteiger partial charge >= 0.3 is 0 Å². The molecule has 0 aromatic carbocycles. The van der Waals surface area contributed by atoms with E-state index >= 15 is 0 Å². The Labute approximate surface area is 69.0 Å². The van der Waals surface area contributed by atoms with E-state index in [0.717, 1.165) is 0 Å². The second kappa shape index (κ2) is 4.99. The molecule has 8 heavy (non-hydrogen) atoms. The Morgan fingerprint density at radius 3 is 1.25 bits per heavy atom. The molecular weight excluding hydrogens is 190 g/mol. The van der Waals surface area contributed by atoms with Crippen LogP contribution in [-0.2, 0) is 0 Å². The highest BCUT2D eigenvalue weighted by Gasteiger charge is 2.13. The molecule has 0 aliphatic carbocycles. The lowest BCUT2D eigenvalue weighted by Gasteiger charge is -2.07. The summed E-state index contributed by atoms with van der Waals surface area (Å²) < 4.78 is 0. The van der Waals surface area contributed by atoms with Gasteiger partial charge in [-0.1, -0.05) is 0 Å². The largest absolute Gasteiger partial charge is 0.125 e. The van der Waals surface area contributed by atoms with Gasteiger partial charge in [-0.2, -0.15) is 0 Å². The fourth-order valence-electron chi connectivity index (χ4n) is 0.193. The van der Waals surface area contributed by atoms with Gasteiger partial charge in [0.25, 0.3) is 0 Å². The molecule has 0 saturated heterocycles. The third-order valence-electron chi connectivity index (χ3n) is 0.687. The van der Waals surface area contributed by atoms with Crippen molar-refractivity contribution in [2.45, 2.75) is 10.8 Å². The Balaban J connectivity index is 3.29. The zero-order chi connectivity index (χ0) is 6.57. The first kappa shape index (κ1) is 9.16. The Morgan fingerprint density at radius 2 is 1.12 bits per heavy atom. The van der Waals surface area contributed by atoms with E-state index in [9.17, 15) is 0 Å². The van der Waals surface area contributed by atoms with Crippen molar-refractivity contribution in [3.05, 3.63) is 0 Å². The predicted octanol–water partition coefficient (Wildman–Crippen LogP) is 2.68. The molecule has 0 spiro atoms. The van der Waals surface area contributed by atoms with Crippen LogP contribution in [0.25, 0.3) is 0 Å². The van der Waals surface area contributed by atoms with Crippen LogP contribution in [0.5, 0.6) is 0 Å². The van der Waals surface area contributed by atoms with Crippen LogP contribution >= 0.6 is 46.4 Å². The summed E-state index contributed by atoms with van der Waals surface area (Å²) in [5.74, 6) is 0.699. The van der Waals surface area contributed by atoms with Crippen molar-refractivity contribution >= 4 is 46.4 Å². The molecule has 0 unspecified atom stereocenters. The maximum Gasteiger partial charge on any atom is 0.0646 e. The van der Waals surface area contributed by atoms with Crippen LogP contribution in [0.1, 0.15) is 0 Å². The van der Waals surface area contributed by atoms with Crippen molar-refractivity contribution in [1.29, 1.82) is 0 Å². The van der Waals surface area contributed by atoms with Crippen LogP contribution in [0.3, 0.4) is 0 Å². The summed E-state index contributed by atoms with van der Waals surface area (Å²) in [6.07, 6.45) is 0. The van der Waals surface area contributed by atoms with Gasteiger partial charge in [0.1, 0.15) is 0 Å². The lowest BCUT2D eigenvalue weighted by atomic mass is 10.4. The molecule has 0 N–H and O–H groups in total. The Kier molecular flexibility index (Phi) is 5.71. The maximum absolute atomic E-state index is 5.57. The zero-order valence-electron chi connectivity index (χ0n) is 4.08. The van der Waals surface area contributed by atoms with Crippen molar-refractivity contribution in [2.75, 3.05) is 11.8 Å². The molecule has 0 aromatic rings. The topological polar surface area (TPSA) is 0 Å². The van der Waals surface area contributed by atoms with Crippen molar-refractivity contribution in [2.24, 2.45) is 0 Å². The highest BCUT2D eigenvalue weighted by atomic mass is 35.5. The highest BCUT2D eigenvalue weighted by Crippen LogP contribution is 2.12. The van der Waals surface area contributed by atoms with E-state index in [1.165, 1.54) is 0 Å². The van der Waals surface area contributed by atoms with E-state index in [1.807, 2.05) is 0 Å². The molecule has 4 heteroatoms. The monoisotopic (exact) mass is 194 g/mol. The highest BCUT2D eigenvalue weighted by molar-refractivity contribution is 6.36. The molecule has 0 radical (unpaired) electrons. The minimum absolute atomic E-state index is 0.212. The predicted molar refractivity (Wildman–Crippen MR) is 40.7 cm³/mol. The van der Waals surface area contributed by atoms with Crippen LogP contribution in [0.4, 0.5) is 0 Å². The summed E-state index contributed by atoms with van der Waals surface area (Å²) in [5.41, 5.74) is 0. The lowest BCUT2D eigenvalue weighted by molar-refractivity contribution is 0.917. The van der Waals surface area contributed by atoms with Gasteiger partial charge in [0.2, 0.25) is 0 Å². The molecule has 0 heterocycles. The summed E-state index contributed by atoms with van der Waals surface area (Å²) in [6, 6.07) is 0. The first-order chi connectivity index (χ1) is 3.72. The summed E-state index contributed by atoms with van der Waals surface area (Å²) in [6.45, 7) is 0. The second-order valence-corrected chi connectivity index (χ2v) is 3.08. The van der Waals surface area contributed by atoms with Gasteiger partial charge in [0.15, 0.2) is 0 Å². The molecule has 0 aliphatic rings. The van der Waals surface area contributed by atoms with Crippen molar-refractivity contribution in [1.82, 2.24) is 0 Å². The van der Waals surface area contributed by atoms with E-state index in [2.05, 4.69) is 0 Å². The van der Waals surface area contributed by atoms with Gasteiger partial charge < -0.3 is 0 Å². The van der Waals surface area contributed by atoms with E-state index in [0.29, 0.717) is 11.8 Å². The quantitative estimate of drug-likeness (QED) is 0.608. The average Bonchev–Trinajstić information content (AvgIpc) is 1.84. The Bertz CT molecular complexity index is 48.0. The van der Waals surface area contributed by atoms with Crippen LogP contribution in [0.15, 0.2) is 0 Å². The van der Waals surface area contributed by atoms with E-state index in [4.69, 9.17) is 46.4 Å². The van der Waals surface area contributed by atoms with Crippen molar-refractivity contribution in [3.63, 3.8) is 0 Å². The van der Waals surface area contributed by atoms with Gasteiger partial charge in [0, 0.05) is 11.8 Å². The third-order valence-corrected chi connectivity index (χ3v) is 2.71. The van der Waals surface area contributed by atoms with E-state index in [-0.39, 0.29) is 10.8 Å². The minimum Gasteiger partial charge on any atom is -0.125 e. The average molecular weight is 196 g/mol. The molecule has 0 fully saturated rings. The zero-order valence-corrected chi connectivity index (χ0v) is 7.10. The van der Waals surface area contributed by atoms with Crippen molar-refractivity contribution in [3.8, 4) is 0 Å². The molecule has 0 rings (SSSR count). The molecule has 0 amide bonds. The first-order valence-corrected chi connectivity index (χ1v) is 4.06. The summed E-state index contributed by atoms with van der Waals surface area (Å²) in [4.78, 5) is 0. The van der Waals surface area contributed by atoms with Gasteiger partial charge in [-0.15, -0.1) is 46.4 Å². The summed E-state index contributed by atoms with van der Waals surface area (Å²) in [7, 11) is 0. The Hall–Kier alpha value is 1.16. The van der Waals surface area contributed by atoms with Gasteiger partial charge in [-0.05, 0) is 0 Å². The Morgan fingerprint density at radius 1 is 0.875 bits per heavy atom. The molecule has 0 nitrogen and oxygen atoms in total. The summed E-state index contributed by atoms with van der Waals surface area (Å²) >= 11 is 21.8. The fraction of sp³-hybridized carbons (Fsp3) is 1.00. The van der Waals surface area contributed by atoms with Crippen LogP contribution in [-0.4, -0.2) is 22.5 Å². The second-order valence-electron chi connectivity index (χ2n) is 1.34. The number of halogens is 4. The molecule has 0 saturated carbocycles. The van der Waals surface area contributed by atoms with Gasteiger partial charge in [-0.25, -0.2) is 0 Å². The summed E-state index contributed by atoms with van der Waals surface area (Å²) in [5, 5.41) is -0.424. The van der Waals surface area contributed by atoms with Crippen LogP contribution in [0.2, 0.25) is 0 Å². The van der Waals surface area contributed by atoms with E-state index in [1.54, 1.807) is 0 Å². The number of rotatable bonds is 3. The van der Waals surface area contributed by atoms with Crippen LogP contribution < -0.4 is 0 Å². The SMILES string of the molecule is ClC[C@@H](Cl)[C@@H](Cl)CCl. The third kappa shape index (κ3) is 3.24. The minimum atomic E-state index is -0.212. The number of alkyl halides is 4. The molecular formula is C4H6Cl4. The van der Waals surface area contributed by atoms with Gasteiger partial charge in [0.05, 0.1) is 10.8 Å². The molecule has 0 bridgehead atoms. The standard InChI is InChI=1S/C4H6Cl4/c5-1-3(7)4(8)2-6/h3-4H,1-2H2/t3-,4+. The fourth-order valence-corrected chi connectivity index (χ4v) is 0.984. The smallest absolute Gasteiger partial charge is 0.0646 e. The number of hydrogen-bond donors (Lipinski definition) is 0. The maximum atomic E-state index is 5.57. The van der Waals surface area contributed by atoms with Crippen molar-refractivity contribution < 1.29 is 0 Å². The van der Waals surface area contributed by atoms with Gasteiger partial charge in [-0.3, -0.25) is 0 Å². The molecule has 50 valence electrons. The lowest BCUT2D eigenvalue weighted by Crippen LogP contribution is -2.17. The first-order valence-electron chi connectivity index (χ1n) is 2.12. The van der Waals surface area contributed by atoms with Crippen LogP contribution in [0, 0.1) is 0 Å². The number of hydrogen-bond acceptors (Lipinski definition) is 0. The molecule has 0 aromatic heterocycles.